The summed E-state index contributed by atoms with van der Waals surface area (Å²) in [6.07, 6.45) is 39.7. The molecule has 0 aliphatic carbocycles. The van der Waals surface area contributed by atoms with E-state index in [4.69, 9.17) is 5.11 Å². The Hall–Kier alpha value is -1.33. The Bertz CT molecular complexity index is 611. The molecule has 0 rings (SSSR count). The summed E-state index contributed by atoms with van der Waals surface area (Å²) >= 11 is 0. The summed E-state index contributed by atoms with van der Waals surface area (Å²) in [4.78, 5) is 30.0. The Morgan fingerprint density at radius 2 is 0.574 bits per heavy atom. The van der Waals surface area contributed by atoms with Crippen LogP contribution in [-0.4, -0.2) is 23.0 Å². The molecule has 0 amide bonds. The smallest absolute Gasteiger partial charge is 0.550 e. The number of carboxylic acids is 3. The van der Waals surface area contributed by atoms with Gasteiger partial charge in [-0.2, -0.15) is 0 Å². The monoisotopic (exact) mass is 715 g/mol. The minimum absolute atomic E-state index is 0. The first-order valence-corrected chi connectivity index (χ1v) is 19.5. The Balaban J connectivity index is -0.000000329. The molecule has 0 aliphatic rings. The van der Waals surface area contributed by atoms with Crippen LogP contribution in [0.3, 0.4) is 0 Å². The fourth-order valence-corrected chi connectivity index (χ4v) is 5.28. The summed E-state index contributed by atoms with van der Waals surface area (Å²) in [7, 11) is 0. The van der Waals surface area contributed by atoms with Crippen molar-refractivity contribution in [2.45, 2.75) is 226 Å². The van der Waals surface area contributed by atoms with Crippen LogP contribution in [0, 0.1) is 0 Å². The Kier molecular flexibility index (Phi) is 52.2. The van der Waals surface area contributed by atoms with E-state index >= 15 is 0 Å². The van der Waals surface area contributed by atoms with E-state index in [1.807, 2.05) is 0 Å². The molecule has 1 radical (unpaired) electrons. The van der Waals surface area contributed by atoms with Gasteiger partial charge in [-0.25, -0.2) is 4.79 Å². The molecule has 0 bridgehead atoms. The van der Waals surface area contributed by atoms with Gasteiger partial charge in [0.2, 0.25) is 0 Å². The second-order valence-electron chi connectivity index (χ2n) is 13.2. The van der Waals surface area contributed by atoms with Crippen LogP contribution in [0.5, 0.6) is 0 Å². The molecule has 47 heavy (non-hydrogen) atoms. The second-order valence-corrected chi connectivity index (χ2v) is 13.2. The zero-order valence-electron chi connectivity index (χ0n) is 31.1. The third kappa shape index (κ3) is 60.5. The number of unbranched alkanes of at least 4 members (excludes halogenated alkanes) is 28. The molecular weight excluding hydrogens is 640 g/mol. The number of aliphatic carboxylic acids is 3. The summed E-state index contributed by atoms with van der Waals surface area (Å²) in [5.74, 6) is -2.74. The largest absolute Gasteiger partial charge is 2.00 e. The van der Waals surface area contributed by atoms with Gasteiger partial charge in [-0.05, 0) is 32.6 Å². The standard InChI is InChI=1S/2C18H36O2.C4H6O2.Cu/c2*1-2-3-4-5-6-7-8-9-10-11-12-13-14-15-16-17-18(19)20;1-3(2)4(5)6;/h2*2-17H2,1H3,(H,19,20);1H2,2H3,(H,5,6);/q;;;+2/p-2. The Morgan fingerprint density at radius 1 is 0.426 bits per heavy atom. The molecule has 6 nitrogen and oxygen atoms in total. The summed E-state index contributed by atoms with van der Waals surface area (Å²) in [6.45, 7) is 9.14. The van der Waals surface area contributed by atoms with Crippen molar-refractivity contribution in [3.63, 3.8) is 0 Å². The first kappa shape index (κ1) is 52.5. The molecule has 0 unspecified atom stereocenters. The minimum Gasteiger partial charge on any atom is -0.550 e. The molecule has 0 aliphatic heterocycles. The maximum atomic E-state index is 10.2. The van der Waals surface area contributed by atoms with Crippen molar-refractivity contribution in [2.75, 3.05) is 0 Å². The minimum atomic E-state index is -0.935. The van der Waals surface area contributed by atoms with Gasteiger partial charge < -0.3 is 24.9 Å². The number of carbonyl (C=O) groups excluding carboxylic acids is 2. The topological polar surface area (TPSA) is 118 Å². The van der Waals surface area contributed by atoms with Gasteiger partial charge in [0.25, 0.3) is 0 Å². The maximum absolute atomic E-state index is 10.2. The van der Waals surface area contributed by atoms with Gasteiger partial charge in [0.05, 0.1) is 0 Å². The van der Waals surface area contributed by atoms with Crippen LogP contribution in [0.1, 0.15) is 226 Å². The molecule has 1 N–H and O–H groups in total. The number of rotatable bonds is 33. The van der Waals surface area contributed by atoms with E-state index in [9.17, 15) is 24.6 Å². The van der Waals surface area contributed by atoms with Gasteiger partial charge >= 0.3 is 23.0 Å². The average Bonchev–Trinajstić information content (AvgIpc) is 3.01. The number of carbonyl (C=O) groups is 3. The van der Waals surface area contributed by atoms with Gasteiger partial charge in [0, 0.05) is 17.5 Å². The number of hydrogen-bond acceptors (Lipinski definition) is 5. The first-order chi connectivity index (χ1) is 22.2. The predicted octanol–water partition coefficient (Wildman–Crippen LogP) is 10.6. The summed E-state index contributed by atoms with van der Waals surface area (Å²) < 4.78 is 0. The molecule has 0 aromatic rings. The third-order valence-electron chi connectivity index (χ3n) is 8.33. The molecule has 0 heterocycles. The van der Waals surface area contributed by atoms with Crippen molar-refractivity contribution in [1.29, 1.82) is 0 Å². The van der Waals surface area contributed by atoms with E-state index in [0.717, 1.165) is 25.7 Å². The third-order valence-corrected chi connectivity index (χ3v) is 8.33. The maximum Gasteiger partial charge on any atom is 2.00 e. The van der Waals surface area contributed by atoms with E-state index in [-0.39, 0.29) is 35.5 Å². The molecule has 0 saturated heterocycles. The van der Waals surface area contributed by atoms with Crippen LogP contribution in [0.25, 0.3) is 0 Å². The molecule has 0 saturated carbocycles. The van der Waals surface area contributed by atoms with Crippen LogP contribution in [0.2, 0.25) is 0 Å². The van der Waals surface area contributed by atoms with Crippen LogP contribution in [0.15, 0.2) is 12.2 Å². The fourth-order valence-electron chi connectivity index (χ4n) is 5.28. The van der Waals surface area contributed by atoms with Gasteiger partial charge in [-0.3, -0.25) is 0 Å². The molecule has 0 aromatic carbocycles. The van der Waals surface area contributed by atoms with Crippen molar-refractivity contribution in [3.05, 3.63) is 12.2 Å². The van der Waals surface area contributed by atoms with E-state index in [0.29, 0.717) is 0 Å². The van der Waals surface area contributed by atoms with Crippen LogP contribution >= 0.6 is 0 Å². The zero-order chi connectivity index (χ0) is 34.9. The van der Waals surface area contributed by atoms with Gasteiger partial charge in [-0.1, -0.05) is 200 Å². The van der Waals surface area contributed by atoms with E-state index in [2.05, 4.69) is 20.4 Å². The van der Waals surface area contributed by atoms with Crippen molar-refractivity contribution < 1.29 is 46.8 Å². The van der Waals surface area contributed by atoms with Gasteiger partial charge in [0.15, 0.2) is 0 Å². The van der Waals surface area contributed by atoms with Crippen molar-refractivity contribution in [2.24, 2.45) is 0 Å². The van der Waals surface area contributed by atoms with Crippen LogP contribution in [-0.2, 0) is 31.5 Å². The number of hydrogen-bond donors (Lipinski definition) is 1. The van der Waals surface area contributed by atoms with E-state index in [1.54, 1.807) is 0 Å². The van der Waals surface area contributed by atoms with Crippen LogP contribution < -0.4 is 10.2 Å². The van der Waals surface area contributed by atoms with Crippen molar-refractivity contribution >= 4 is 17.9 Å². The first-order valence-electron chi connectivity index (χ1n) is 19.5. The zero-order valence-corrected chi connectivity index (χ0v) is 32.1. The Labute approximate surface area is 302 Å². The van der Waals surface area contributed by atoms with Crippen LogP contribution in [0.4, 0.5) is 0 Å². The summed E-state index contributed by atoms with van der Waals surface area (Å²) in [6, 6.07) is 0. The molecular formula is C40H76CuO6. The summed E-state index contributed by atoms with van der Waals surface area (Å²) in [5.41, 5.74) is 0.176. The molecule has 0 atom stereocenters. The molecule has 7 heteroatoms. The predicted molar refractivity (Wildman–Crippen MR) is 192 cm³/mol. The van der Waals surface area contributed by atoms with E-state index in [1.165, 1.54) is 174 Å². The van der Waals surface area contributed by atoms with Crippen molar-refractivity contribution in [1.82, 2.24) is 0 Å². The molecule has 0 fully saturated rings. The summed E-state index contributed by atoms with van der Waals surface area (Å²) in [5, 5.41) is 28.3. The van der Waals surface area contributed by atoms with E-state index < -0.39 is 17.9 Å². The SMILES string of the molecule is C=C(C)C(=O)O.CCCCCCCCCCCCCCCCCC(=O)[O-].CCCCCCCCCCCCCCCCCC(=O)[O-].[Cu+2]. The van der Waals surface area contributed by atoms with Gasteiger partial charge in [0.1, 0.15) is 0 Å². The quantitative estimate of drug-likeness (QED) is 0.0410. The Morgan fingerprint density at radius 3 is 0.702 bits per heavy atom. The molecule has 283 valence electrons. The number of carboxylic acid groups (broad SMARTS) is 3. The molecule has 0 spiro atoms. The average molecular weight is 717 g/mol. The van der Waals surface area contributed by atoms with Gasteiger partial charge in [-0.15, -0.1) is 0 Å². The molecule has 0 aromatic heterocycles. The second kappa shape index (κ2) is 46.8. The fraction of sp³-hybridized carbons (Fsp3) is 0.875. The normalized spacial score (nSPS) is 10.2. The van der Waals surface area contributed by atoms with Crippen molar-refractivity contribution in [3.8, 4) is 0 Å².